The zero-order valence-electron chi connectivity index (χ0n) is 17.1. The Morgan fingerprint density at radius 1 is 1.11 bits per heavy atom. The van der Waals surface area contributed by atoms with Gasteiger partial charge in [-0.25, -0.2) is 0 Å². The van der Waals surface area contributed by atoms with Crippen molar-refractivity contribution >= 4 is 17.7 Å². The number of hydrogen-bond acceptors (Lipinski definition) is 4. The zero-order valence-corrected chi connectivity index (χ0v) is 17.9. The van der Waals surface area contributed by atoms with E-state index >= 15 is 0 Å². The highest BCUT2D eigenvalue weighted by atomic mass is 32.2. The van der Waals surface area contributed by atoms with Gasteiger partial charge >= 0.3 is 0 Å². The van der Waals surface area contributed by atoms with E-state index in [1.54, 1.807) is 0 Å². The first kappa shape index (κ1) is 20.5. The van der Waals surface area contributed by atoms with Gasteiger partial charge in [0, 0.05) is 57.6 Å². The Kier molecular flexibility index (Phi) is 7.85. The first-order chi connectivity index (χ1) is 13.2. The van der Waals surface area contributed by atoms with Gasteiger partial charge in [0.15, 0.2) is 5.96 Å². The summed E-state index contributed by atoms with van der Waals surface area (Å²) in [5.41, 5.74) is 2.70. The lowest BCUT2D eigenvalue weighted by atomic mass is 10.1. The van der Waals surface area contributed by atoms with E-state index in [-0.39, 0.29) is 0 Å². The normalized spacial score (nSPS) is 24.9. The monoisotopic (exact) mass is 389 g/mol. The summed E-state index contributed by atoms with van der Waals surface area (Å²) in [6.07, 6.45) is 6.01. The third kappa shape index (κ3) is 6.40. The van der Waals surface area contributed by atoms with Crippen LogP contribution < -0.4 is 10.6 Å². The molecule has 3 rings (SSSR count). The molecule has 5 nitrogen and oxygen atoms in total. The Morgan fingerprint density at radius 3 is 2.44 bits per heavy atom. The number of nitrogens with one attached hydrogen (secondary N) is 2. The standard InChI is InChI=1S/C21H35N5S/c1-22-21(24-19-8-9-20(14-19)27-3)23-15-17-4-6-18(7-5-17)16-26-12-10-25(2)11-13-26/h4-7,19-20H,8-16H2,1-3H3,(H2,22,23,24). The molecule has 2 N–H and O–H groups in total. The van der Waals surface area contributed by atoms with Crippen molar-refractivity contribution < 1.29 is 0 Å². The molecule has 0 amide bonds. The number of guanidine groups is 1. The van der Waals surface area contributed by atoms with E-state index in [4.69, 9.17) is 0 Å². The molecule has 1 saturated carbocycles. The highest BCUT2D eigenvalue weighted by Gasteiger charge is 2.24. The highest BCUT2D eigenvalue weighted by Crippen LogP contribution is 2.28. The fourth-order valence-electron chi connectivity index (χ4n) is 3.89. The summed E-state index contributed by atoms with van der Waals surface area (Å²) in [5.74, 6) is 0.920. The predicted octanol–water partition coefficient (Wildman–Crippen LogP) is 2.38. The summed E-state index contributed by atoms with van der Waals surface area (Å²) < 4.78 is 0. The summed E-state index contributed by atoms with van der Waals surface area (Å²) in [7, 11) is 4.06. The molecular weight excluding hydrogens is 354 g/mol. The second-order valence-electron chi connectivity index (χ2n) is 7.83. The average molecular weight is 390 g/mol. The van der Waals surface area contributed by atoms with Crippen molar-refractivity contribution in [3.8, 4) is 0 Å². The van der Waals surface area contributed by atoms with Crippen LogP contribution in [0.15, 0.2) is 29.3 Å². The van der Waals surface area contributed by atoms with Crippen molar-refractivity contribution in [3.05, 3.63) is 35.4 Å². The quantitative estimate of drug-likeness (QED) is 0.578. The molecule has 1 aliphatic heterocycles. The molecule has 1 aromatic rings. The lowest BCUT2D eigenvalue weighted by molar-refractivity contribution is 0.148. The summed E-state index contributed by atoms with van der Waals surface area (Å²) in [6.45, 7) is 6.55. The molecule has 1 saturated heterocycles. The summed E-state index contributed by atoms with van der Waals surface area (Å²) in [6, 6.07) is 9.58. The molecule has 2 unspecified atom stereocenters. The van der Waals surface area contributed by atoms with E-state index in [0.717, 1.165) is 24.3 Å². The van der Waals surface area contributed by atoms with Crippen LogP contribution in [0.3, 0.4) is 0 Å². The minimum absolute atomic E-state index is 0.555. The Balaban J connectivity index is 1.42. The molecule has 27 heavy (non-hydrogen) atoms. The summed E-state index contributed by atoms with van der Waals surface area (Å²) >= 11 is 1.99. The van der Waals surface area contributed by atoms with Gasteiger partial charge in [-0.15, -0.1) is 0 Å². The lowest BCUT2D eigenvalue weighted by Crippen LogP contribution is -2.43. The highest BCUT2D eigenvalue weighted by molar-refractivity contribution is 7.99. The SMILES string of the molecule is CN=C(NCc1ccc(CN2CCN(C)CC2)cc1)NC1CCC(SC)C1. The second kappa shape index (κ2) is 10.3. The molecule has 0 aromatic heterocycles. The fourth-order valence-corrected chi connectivity index (χ4v) is 4.68. The molecular formula is C21H35N5S. The summed E-state index contributed by atoms with van der Waals surface area (Å²) in [5, 5.41) is 7.85. The van der Waals surface area contributed by atoms with Crippen LogP contribution in [0.1, 0.15) is 30.4 Å². The van der Waals surface area contributed by atoms with Crippen LogP contribution in [0.4, 0.5) is 0 Å². The molecule has 6 heteroatoms. The van der Waals surface area contributed by atoms with E-state index in [1.165, 1.54) is 56.6 Å². The van der Waals surface area contributed by atoms with Gasteiger partial charge in [0.1, 0.15) is 0 Å². The van der Waals surface area contributed by atoms with E-state index in [2.05, 4.69) is 63.0 Å². The van der Waals surface area contributed by atoms with Crippen molar-refractivity contribution in [2.75, 3.05) is 46.5 Å². The maximum Gasteiger partial charge on any atom is 0.191 e. The number of hydrogen-bond donors (Lipinski definition) is 2. The second-order valence-corrected chi connectivity index (χ2v) is 8.97. The Bertz CT molecular complexity index is 595. The van der Waals surface area contributed by atoms with Crippen molar-refractivity contribution in [3.63, 3.8) is 0 Å². The van der Waals surface area contributed by atoms with Gasteiger partial charge in [-0.2, -0.15) is 11.8 Å². The Labute approximate surface area is 169 Å². The number of aliphatic imine (C=N–C) groups is 1. The molecule has 150 valence electrons. The molecule has 0 radical (unpaired) electrons. The van der Waals surface area contributed by atoms with Crippen LogP contribution in [-0.2, 0) is 13.1 Å². The smallest absolute Gasteiger partial charge is 0.191 e. The largest absolute Gasteiger partial charge is 0.354 e. The van der Waals surface area contributed by atoms with Crippen LogP contribution in [-0.4, -0.2) is 73.6 Å². The minimum Gasteiger partial charge on any atom is -0.354 e. The predicted molar refractivity (Wildman–Crippen MR) is 117 cm³/mol. The third-order valence-corrected chi connectivity index (χ3v) is 6.86. The molecule has 1 aromatic carbocycles. The van der Waals surface area contributed by atoms with Gasteiger partial charge in [0.25, 0.3) is 0 Å². The van der Waals surface area contributed by atoms with Crippen molar-refractivity contribution in [2.45, 2.75) is 43.6 Å². The molecule has 2 fully saturated rings. The number of benzene rings is 1. The van der Waals surface area contributed by atoms with Crippen LogP contribution >= 0.6 is 11.8 Å². The number of nitrogens with zero attached hydrogens (tertiary/aromatic N) is 3. The molecule has 1 aliphatic carbocycles. The van der Waals surface area contributed by atoms with Gasteiger partial charge in [-0.05, 0) is 43.7 Å². The number of rotatable bonds is 6. The molecule has 2 aliphatic rings. The van der Waals surface area contributed by atoms with E-state index in [9.17, 15) is 0 Å². The van der Waals surface area contributed by atoms with Crippen LogP contribution in [0.2, 0.25) is 0 Å². The van der Waals surface area contributed by atoms with Crippen LogP contribution in [0, 0.1) is 0 Å². The Hall–Kier alpha value is -1.24. The minimum atomic E-state index is 0.555. The van der Waals surface area contributed by atoms with Gasteiger partial charge in [0.2, 0.25) is 0 Å². The maximum atomic E-state index is 4.40. The lowest BCUT2D eigenvalue weighted by Gasteiger charge is -2.32. The van der Waals surface area contributed by atoms with Gasteiger partial charge in [-0.1, -0.05) is 24.3 Å². The molecule has 1 heterocycles. The Morgan fingerprint density at radius 2 is 1.81 bits per heavy atom. The average Bonchev–Trinajstić information content (AvgIpc) is 3.15. The summed E-state index contributed by atoms with van der Waals surface area (Å²) in [4.78, 5) is 9.34. The molecule has 0 spiro atoms. The first-order valence-electron chi connectivity index (χ1n) is 10.1. The number of likely N-dealkylation sites (N-methyl/N-ethyl adjacent to an activating group) is 1. The number of thioether (sulfide) groups is 1. The maximum absolute atomic E-state index is 4.40. The van der Waals surface area contributed by atoms with E-state index < -0.39 is 0 Å². The van der Waals surface area contributed by atoms with Crippen molar-refractivity contribution in [2.24, 2.45) is 4.99 Å². The van der Waals surface area contributed by atoms with Crippen LogP contribution in [0.25, 0.3) is 0 Å². The van der Waals surface area contributed by atoms with Crippen LogP contribution in [0.5, 0.6) is 0 Å². The van der Waals surface area contributed by atoms with Crippen molar-refractivity contribution in [1.29, 1.82) is 0 Å². The van der Waals surface area contributed by atoms with Crippen molar-refractivity contribution in [1.82, 2.24) is 20.4 Å². The number of piperazine rings is 1. The van der Waals surface area contributed by atoms with E-state index in [1.807, 2.05) is 18.8 Å². The molecule has 2 atom stereocenters. The topological polar surface area (TPSA) is 42.9 Å². The zero-order chi connectivity index (χ0) is 19.1. The first-order valence-corrected chi connectivity index (χ1v) is 11.4. The van der Waals surface area contributed by atoms with Gasteiger partial charge in [0.05, 0.1) is 0 Å². The third-order valence-electron chi connectivity index (χ3n) is 5.77. The molecule has 0 bridgehead atoms. The van der Waals surface area contributed by atoms with Gasteiger partial charge < -0.3 is 15.5 Å². The van der Waals surface area contributed by atoms with Gasteiger partial charge in [-0.3, -0.25) is 9.89 Å². The fraction of sp³-hybridized carbons (Fsp3) is 0.667. The van der Waals surface area contributed by atoms with E-state index in [0.29, 0.717) is 6.04 Å².